The molecule has 0 unspecified atom stereocenters. The van der Waals surface area contributed by atoms with E-state index in [0.717, 1.165) is 5.56 Å². The fraction of sp³-hybridized carbons (Fsp3) is 0.286. The molecule has 0 amide bonds. The largest absolute Gasteiger partial charge is 0.486 e. The van der Waals surface area contributed by atoms with Crippen LogP contribution in [-0.2, 0) is 6.61 Å². The van der Waals surface area contributed by atoms with Crippen LogP contribution in [0.1, 0.15) is 35.8 Å². The van der Waals surface area contributed by atoms with E-state index >= 15 is 0 Å². The zero-order chi connectivity index (χ0) is 13.8. The summed E-state index contributed by atoms with van der Waals surface area (Å²) in [4.78, 5) is 10.9. The second-order valence-corrected chi connectivity index (χ2v) is 4.54. The van der Waals surface area contributed by atoms with Crippen molar-refractivity contribution in [1.29, 1.82) is 0 Å². The molecule has 1 heterocycles. The van der Waals surface area contributed by atoms with Crippen LogP contribution >= 0.6 is 0 Å². The highest BCUT2D eigenvalue weighted by Gasteiger charge is 2.05. The van der Waals surface area contributed by atoms with Crippen molar-refractivity contribution in [3.05, 3.63) is 47.8 Å². The van der Waals surface area contributed by atoms with Crippen LogP contribution in [0.2, 0.25) is 0 Å². The zero-order valence-corrected chi connectivity index (χ0v) is 10.9. The highest BCUT2D eigenvalue weighted by atomic mass is 16.5. The molecule has 1 aromatic heterocycles. The normalized spacial score (nSPS) is 10.7. The summed E-state index contributed by atoms with van der Waals surface area (Å²) >= 11 is 0. The number of benzene rings is 1. The van der Waals surface area contributed by atoms with E-state index in [1.807, 2.05) is 30.8 Å². The maximum Gasteiger partial charge on any atom is 0.335 e. The van der Waals surface area contributed by atoms with Crippen molar-refractivity contribution in [1.82, 2.24) is 9.78 Å². The van der Waals surface area contributed by atoms with E-state index in [9.17, 15) is 4.79 Å². The van der Waals surface area contributed by atoms with Gasteiger partial charge in [0.2, 0.25) is 0 Å². The fourth-order valence-electron chi connectivity index (χ4n) is 1.64. The Kier molecular flexibility index (Phi) is 3.85. The second-order valence-electron chi connectivity index (χ2n) is 4.54. The quantitative estimate of drug-likeness (QED) is 0.897. The highest BCUT2D eigenvalue weighted by Crippen LogP contribution is 2.15. The van der Waals surface area contributed by atoms with Crippen LogP contribution in [-0.4, -0.2) is 20.9 Å². The van der Waals surface area contributed by atoms with Gasteiger partial charge in [-0.1, -0.05) is 12.1 Å². The lowest BCUT2D eigenvalue weighted by Gasteiger charge is -2.05. The van der Waals surface area contributed by atoms with Gasteiger partial charge >= 0.3 is 5.97 Å². The van der Waals surface area contributed by atoms with E-state index in [0.29, 0.717) is 12.4 Å². The molecule has 2 aromatic rings. The number of carbonyl (C=O) groups is 1. The maximum absolute atomic E-state index is 10.9. The molecule has 0 aliphatic rings. The van der Waals surface area contributed by atoms with Crippen molar-refractivity contribution < 1.29 is 14.6 Å². The monoisotopic (exact) mass is 260 g/mol. The molecular weight excluding hydrogens is 244 g/mol. The Bertz CT molecular complexity index is 576. The molecule has 0 bridgehead atoms. The van der Waals surface area contributed by atoms with Crippen LogP contribution in [0.25, 0.3) is 0 Å². The zero-order valence-electron chi connectivity index (χ0n) is 10.9. The number of hydrogen-bond acceptors (Lipinski definition) is 3. The lowest BCUT2D eigenvalue weighted by atomic mass is 10.1. The molecule has 2 rings (SSSR count). The number of aromatic carboxylic acids is 1. The molecule has 5 heteroatoms. The molecule has 0 aliphatic heterocycles. The van der Waals surface area contributed by atoms with Gasteiger partial charge < -0.3 is 9.84 Å². The fourth-order valence-corrected chi connectivity index (χ4v) is 1.64. The summed E-state index contributed by atoms with van der Waals surface area (Å²) in [6.45, 7) is 4.39. The predicted molar refractivity (Wildman–Crippen MR) is 70.3 cm³/mol. The Morgan fingerprint density at radius 2 is 2.26 bits per heavy atom. The number of nitrogens with zero attached hydrogens (tertiary/aromatic N) is 2. The van der Waals surface area contributed by atoms with E-state index in [4.69, 9.17) is 9.84 Å². The van der Waals surface area contributed by atoms with Crippen LogP contribution in [0, 0.1) is 0 Å². The number of rotatable bonds is 5. The van der Waals surface area contributed by atoms with Gasteiger partial charge in [0.25, 0.3) is 0 Å². The van der Waals surface area contributed by atoms with Gasteiger partial charge in [0.1, 0.15) is 6.61 Å². The third kappa shape index (κ3) is 3.34. The van der Waals surface area contributed by atoms with Gasteiger partial charge in [-0.25, -0.2) is 4.79 Å². The second kappa shape index (κ2) is 5.56. The van der Waals surface area contributed by atoms with Gasteiger partial charge in [0.15, 0.2) is 5.75 Å². The van der Waals surface area contributed by atoms with Crippen LogP contribution in [0.4, 0.5) is 0 Å². The molecule has 0 radical (unpaired) electrons. The highest BCUT2D eigenvalue weighted by molar-refractivity contribution is 5.87. The Morgan fingerprint density at radius 1 is 1.47 bits per heavy atom. The molecule has 0 atom stereocenters. The number of carboxylic acids is 1. The summed E-state index contributed by atoms with van der Waals surface area (Å²) in [5.41, 5.74) is 1.08. The standard InChI is InChI=1S/C14H16N2O3/c1-10(2)16-8-13(7-15-16)19-9-11-4-3-5-12(6-11)14(17)18/h3-8,10H,9H2,1-2H3,(H,17,18). The summed E-state index contributed by atoms with van der Waals surface area (Å²) in [7, 11) is 0. The van der Waals surface area contributed by atoms with E-state index in [-0.39, 0.29) is 11.6 Å². The summed E-state index contributed by atoms with van der Waals surface area (Å²) in [5, 5.41) is 13.1. The number of carboxylic acid groups (broad SMARTS) is 1. The van der Waals surface area contributed by atoms with Crippen LogP contribution < -0.4 is 4.74 Å². The molecule has 0 fully saturated rings. The SMILES string of the molecule is CC(C)n1cc(OCc2cccc(C(=O)O)c2)cn1. The first-order valence-electron chi connectivity index (χ1n) is 6.05. The Balaban J connectivity index is 2.01. The summed E-state index contributed by atoms with van der Waals surface area (Å²) in [5.74, 6) is -0.260. The summed E-state index contributed by atoms with van der Waals surface area (Å²) in [6, 6.07) is 6.99. The number of hydrogen-bond donors (Lipinski definition) is 1. The first-order valence-corrected chi connectivity index (χ1v) is 6.05. The van der Waals surface area contributed by atoms with Gasteiger partial charge in [0.05, 0.1) is 18.0 Å². The number of aromatic nitrogens is 2. The van der Waals surface area contributed by atoms with Crippen molar-refractivity contribution in [2.45, 2.75) is 26.5 Å². The molecule has 1 aromatic carbocycles. The van der Waals surface area contributed by atoms with Gasteiger partial charge in [-0.2, -0.15) is 5.10 Å². The van der Waals surface area contributed by atoms with Gasteiger partial charge in [-0.15, -0.1) is 0 Å². The first-order chi connectivity index (χ1) is 9.06. The minimum atomic E-state index is -0.936. The molecule has 19 heavy (non-hydrogen) atoms. The Hall–Kier alpha value is -2.30. The topological polar surface area (TPSA) is 64.3 Å². The van der Waals surface area contributed by atoms with Crippen LogP contribution in [0.3, 0.4) is 0 Å². The molecular formula is C14H16N2O3. The molecule has 5 nitrogen and oxygen atoms in total. The molecule has 1 N–H and O–H groups in total. The van der Waals surface area contributed by atoms with Gasteiger partial charge in [-0.3, -0.25) is 4.68 Å². The third-order valence-corrected chi connectivity index (χ3v) is 2.69. The average Bonchev–Trinajstić information content (AvgIpc) is 2.85. The lowest BCUT2D eigenvalue weighted by molar-refractivity contribution is 0.0696. The lowest BCUT2D eigenvalue weighted by Crippen LogP contribution is -2.01. The third-order valence-electron chi connectivity index (χ3n) is 2.69. The molecule has 0 spiro atoms. The molecule has 0 saturated heterocycles. The summed E-state index contributed by atoms with van der Waals surface area (Å²) in [6.07, 6.45) is 3.48. The van der Waals surface area contributed by atoms with E-state index < -0.39 is 5.97 Å². The van der Waals surface area contributed by atoms with Crippen molar-refractivity contribution in [3.63, 3.8) is 0 Å². The van der Waals surface area contributed by atoms with Gasteiger partial charge in [0, 0.05) is 6.04 Å². The van der Waals surface area contributed by atoms with Crippen LogP contribution in [0.5, 0.6) is 5.75 Å². The van der Waals surface area contributed by atoms with Crippen molar-refractivity contribution >= 4 is 5.97 Å². The maximum atomic E-state index is 10.9. The predicted octanol–water partition coefficient (Wildman–Crippen LogP) is 2.74. The van der Waals surface area contributed by atoms with Crippen molar-refractivity contribution in [3.8, 4) is 5.75 Å². The first kappa shape index (κ1) is 13.1. The minimum Gasteiger partial charge on any atom is -0.486 e. The van der Waals surface area contributed by atoms with Crippen LogP contribution in [0.15, 0.2) is 36.7 Å². The molecule has 0 saturated carbocycles. The molecule has 0 aliphatic carbocycles. The average molecular weight is 260 g/mol. The van der Waals surface area contributed by atoms with Crippen molar-refractivity contribution in [2.75, 3.05) is 0 Å². The minimum absolute atomic E-state index is 0.263. The molecule has 100 valence electrons. The summed E-state index contributed by atoms with van der Waals surface area (Å²) < 4.78 is 7.39. The van der Waals surface area contributed by atoms with Gasteiger partial charge in [-0.05, 0) is 31.5 Å². The van der Waals surface area contributed by atoms with E-state index in [2.05, 4.69) is 5.10 Å². The Labute approximate surface area is 111 Å². The van der Waals surface area contributed by atoms with E-state index in [1.54, 1.807) is 24.4 Å². The number of ether oxygens (including phenoxy) is 1. The van der Waals surface area contributed by atoms with Crippen molar-refractivity contribution in [2.24, 2.45) is 0 Å². The van der Waals surface area contributed by atoms with E-state index in [1.165, 1.54) is 0 Å². The smallest absolute Gasteiger partial charge is 0.335 e. The Morgan fingerprint density at radius 3 is 2.89 bits per heavy atom.